The van der Waals surface area contributed by atoms with Gasteiger partial charge >= 0.3 is 18.6 Å². The standard InChI is InChI=1S/C18H10F6N2O3/c19-17(20,21)28-12-5-1-10(2-6-12)14-9-25-26-16(27)15(14)11-3-7-13(8-4-11)29-18(22,23)24/h1-3,5-9H,4H2/p+1. The second kappa shape index (κ2) is 7.57. The molecule has 0 atom stereocenters. The van der Waals surface area contributed by atoms with E-state index in [1.54, 1.807) is 0 Å². The minimum atomic E-state index is -4.84. The minimum Gasteiger partial charge on any atom is -0.406 e. The lowest BCUT2D eigenvalue weighted by molar-refractivity contribution is -0.451. The summed E-state index contributed by atoms with van der Waals surface area (Å²) in [6.45, 7) is 0. The van der Waals surface area contributed by atoms with Gasteiger partial charge in [0.25, 0.3) is 0 Å². The molecule has 2 aliphatic rings. The van der Waals surface area contributed by atoms with Crippen LogP contribution in [0, 0.1) is 0 Å². The number of halogens is 6. The summed E-state index contributed by atoms with van der Waals surface area (Å²) in [6.07, 6.45) is -4.84. The fourth-order valence-corrected chi connectivity index (χ4v) is 2.70. The predicted octanol–water partition coefficient (Wildman–Crippen LogP) is 3.68. The number of rotatable bonds is 3. The van der Waals surface area contributed by atoms with E-state index in [-0.39, 0.29) is 12.0 Å². The number of benzene rings is 1. The normalized spacial score (nSPS) is 19.7. The Morgan fingerprint density at radius 1 is 0.931 bits per heavy atom. The first-order valence-corrected chi connectivity index (χ1v) is 7.96. The van der Waals surface area contributed by atoms with Crippen LogP contribution in [0.15, 0.2) is 70.7 Å². The Bertz CT molecular complexity index is 967. The van der Waals surface area contributed by atoms with E-state index in [0.717, 1.165) is 24.3 Å². The quantitative estimate of drug-likeness (QED) is 0.603. The molecule has 1 aliphatic carbocycles. The summed E-state index contributed by atoms with van der Waals surface area (Å²) in [5, 5.41) is 5.94. The van der Waals surface area contributed by atoms with Crippen LogP contribution < -0.4 is 9.85 Å². The molecule has 0 saturated heterocycles. The first kappa shape index (κ1) is 20.4. The molecule has 0 spiro atoms. The van der Waals surface area contributed by atoms with E-state index in [1.165, 1.54) is 24.4 Å². The molecule has 3 rings (SSSR count). The molecule has 5 nitrogen and oxygen atoms in total. The fraction of sp³-hybridized carbons (Fsp3) is 0.167. The van der Waals surface area contributed by atoms with Crippen molar-refractivity contribution >= 4 is 11.5 Å². The van der Waals surface area contributed by atoms with E-state index in [4.69, 9.17) is 0 Å². The summed E-state index contributed by atoms with van der Waals surface area (Å²) in [5.41, 5.74) is 1.17. The number of hydrogen-bond donors (Lipinski definition) is 1. The molecule has 1 amide bonds. The maximum Gasteiger partial charge on any atom is 0.573 e. The van der Waals surface area contributed by atoms with Gasteiger partial charge in [0.1, 0.15) is 11.5 Å². The van der Waals surface area contributed by atoms with Crippen LogP contribution in [-0.2, 0) is 9.53 Å². The van der Waals surface area contributed by atoms with Crippen LogP contribution in [-0.4, -0.2) is 18.6 Å². The van der Waals surface area contributed by atoms with E-state index in [1.807, 2.05) is 0 Å². The predicted molar refractivity (Wildman–Crippen MR) is 85.5 cm³/mol. The zero-order valence-electron chi connectivity index (χ0n) is 14.3. The van der Waals surface area contributed by atoms with Crippen molar-refractivity contribution in [1.82, 2.24) is 0 Å². The molecule has 0 saturated carbocycles. The Kier molecular flexibility index (Phi) is 5.31. The monoisotopic (exact) mass is 417 g/mol. The number of carbonyl (C=O) groups is 1. The third kappa shape index (κ3) is 5.33. The maximum absolute atomic E-state index is 12.3. The molecule has 1 heterocycles. The van der Waals surface area contributed by atoms with E-state index < -0.39 is 30.1 Å². The number of nitrogens with one attached hydrogen (secondary N) is 1. The topological polar surface area (TPSA) is 61.9 Å². The molecule has 1 aromatic rings. The van der Waals surface area contributed by atoms with Gasteiger partial charge in [-0.2, -0.15) is 0 Å². The Hall–Kier alpha value is -3.37. The van der Waals surface area contributed by atoms with Gasteiger partial charge in [0.15, 0.2) is 0 Å². The highest BCUT2D eigenvalue weighted by molar-refractivity contribution is 6.10. The van der Waals surface area contributed by atoms with E-state index in [2.05, 4.69) is 19.7 Å². The lowest BCUT2D eigenvalue weighted by Crippen LogP contribution is -2.60. The summed E-state index contributed by atoms with van der Waals surface area (Å²) in [4.78, 5) is 12.3. The van der Waals surface area contributed by atoms with Crippen LogP contribution in [0.25, 0.3) is 5.57 Å². The molecular formula is C18H11F6N2O3+. The van der Waals surface area contributed by atoms with Gasteiger partial charge in [0.05, 0.1) is 11.1 Å². The second-order valence-electron chi connectivity index (χ2n) is 5.77. The first-order chi connectivity index (χ1) is 13.5. The fourth-order valence-electron chi connectivity index (χ4n) is 2.70. The highest BCUT2D eigenvalue weighted by Gasteiger charge is 2.33. The van der Waals surface area contributed by atoms with Crippen LogP contribution >= 0.6 is 0 Å². The number of carbonyl (C=O) groups excluding carboxylic acids is 1. The Labute approximate surface area is 159 Å². The zero-order valence-corrected chi connectivity index (χ0v) is 14.3. The van der Waals surface area contributed by atoms with Crippen molar-refractivity contribution in [2.75, 3.05) is 0 Å². The average Bonchev–Trinajstić information content (AvgIpc) is 2.60. The number of nitrogens with zero attached hydrogens (tertiary/aromatic N) is 1. The number of allylic oxidation sites excluding steroid dienone is 4. The molecule has 1 aliphatic heterocycles. The zero-order chi connectivity index (χ0) is 21.2. The average molecular weight is 417 g/mol. The molecule has 152 valence electrons. The van der Waals surface area contributed by atoms with Crippen molar-refractivity contribution in [2.45, 2.75) is 19.1 Å². The molecule has 1 aromatic carbocycles. The Balaban J connectivity index is 1.88. The molecule has 29 heavy (non-hydrogen) atoms. The molecule has 1 N–H and O–H groups in total. The van der Waals surface area contributed by atoms with E-state index >= 15 is 0 Å². The highest BCUT2D eigenvalue weighted by atomic mass is 19.4. The summed E-state index contributed by atoms with van der Waals surface area (Å²) < 4.78 is 81.4. The summed E-state index contributed by atoms with van der Waals surface area (Å²) in [7, 11) is 0. The molecule has 0 radical (unpaired) electrons. The number of hydrogen-bond acceptors (Lipinski definition) is 3. The largest absolute Gasteiger partial charge is 0.573 e. The van der Waals surface area contributed by atoms with Gasteiger partial charge in [0, 0.05) is 5.11 Å². The molecular weight excluding hydrogens is 406 g/mol. The van der Waals surface area contributed by atoms with Gasteiger partial charge in [0.2, 0.25) is 6.20 Å². The van der Waals surface area contributed by atoms with Crippen molar-refractivity contribution in [2.24, 2.45) is 5.11 Å². The first-order valence-electron chi connectivity index (χ1n) is 7.96. The van der Waals surface area contributed by atoms with Gasteiger partial charge in [-0.1, -0.05) is 18.2 Å². The van der Waals surface area contributed by atoms with Crippen LogP contribution in [0.2, 0.25) is 0 Å². The van der Waals surface area contributed by atoms with Crippen molar-refractivity contribution < 1.29 is 45.7 Å². The molecule has 11 heteroatoms. The van der Waals surface area contributed by atoms with Crippen LogP contribution in [0.1, 0.15) is 12.0 Å². The van der Waals surface area contributed by atoms with Crippen molar-refractivity contribution in [3.63, 3.8) is 0 Å². The van der Waals surface area contributed by atoms with Crippen LogP contribution in [0.5, 0.6) is 5.75 Å². The van der Waals surface area contributed by atoms with Crippen LogP contribution in [0.3, 0.4) is 0 Å². The van der Waals surface area contributed by atoms with Gasteiger partial charge in [-0.25, -0.2) is 0 Å². The summed E-state index contributed by atoms with van der Waals surface area (Å²) in [5.74, 6) is -1.53. The van der Waals surface area contributed by atoms with Crippen molar-refractivity contribution in [1.29, 1.82) is 0 Å². The number of azo groups is 1. The molecule has 0 bridgehead atoms. The lowest BCUT2D eigenvalue weighted by atomic mass is 9.90. The number of amides is 1. The van der Waals surface area contributed by atoms with Crippen molar-refractivity contribution in [3.8, 4) is 5.75 Å². The summed E-state index contributed by atoms with van der Waals surface area (Å²) >= 11 is 0. The Morgan fingerprint density at radius 2 is 1.59 bits per heavy atom. The number of alkyl halides is 6. The molecule has 0 unspecified atom stereocenters. The Morgan fingerprint density at radius 3 is 2.14 bits per heavy atom. The van der Waals surface area contributed by atoms with Gasteiger partial charge in [-0.15, -0.1) is 31.5 Å². The molecule has 0 aromatic heterocycles. The third-order valence-corrected chi connectivity index (χ3v) is 3.78. The minimum absolute atomic E-state index is 0.0366. The smallest absolute Gasteiger partial charge is 0.406 e. The highest BCUT2D eigenvalue weighted by Crippen LogP contribution is 2.33. The van der Waals surface area contributed by atoms with E-state index in [0.29, 0.717) is 16.7 Å². The van der Waals surface area contributed by atoms with Gasteiger partial charge < -0.3 is 9.47 Å². The second-order valence-corrected chi connectivity index (χ2v) is 5.77. The van der Waals surface area contributed by atoms with Crippen molar-refractivity contribution in [3.05, 3.63) is 71.2 Å². The van der Waals surface area contributed by atoms with Crippen LogP contribution in [0.4, 0.5) is 26.3 Å². The lowest BCUT2D eigenvalue weighted by Gasteiger charge is -2.16. The summed E-state index contributed by atoms with van der Waals surface area (Å²) in [6, 6.07) is 4.78. The van der Waals surface area contributed by atoms with Gasteiger partial charge in [-0.05, 0) is 41.8 Å². The third-order valence-electron chi connectivity index (χ3n) is 3.78. The number of ether oxygens (including phenoxy) is 2. The van der Waals surface area contributed by atoms with E-state index in [9.17, 15) is 31.1 Å². The maximum atomic E-state index is 12.3. The SMILES string of the molecule is O=C1N=[NH+]C=C(c2ccc(OC(F)(F)F)cc2)C1=C1C=CC(OC(F)(F)F)=CC1. The van der Waals surface area contributed by atoms with Gasteiger partial charge in [-0.3, -0.25) is 4.79 Å². The molecule has 0 fully saturated rings.